The largest absolute Gasteiger partial charge is 0.360 e. The van der Waals surface area contributed by atoms with Gasteiger partial charge in [-0.25, -0.2) is 0 Å². The van der Waals surface area contributed by atoms with E-state index in [1.54, 1.807) is 17.2 Å². The Bertz CT molecular complexity index is 985. The van der Waals surface area contributed by atoms with E-state index in [2.05, 4.69) is 10.3 Å². The number of nitrogens with one attached hydrogen (secondary N) is 1. The number of pyridine rings is 1. The highest BCUT2D eigenvalue weighted by atomic mass is 35.5. The highest BCUT2D eigenvalue weighted by Gasteiger charge is 2.39. The van der Waals surface area contributed by atoms with Crippen LogP contribution in [0.1, 0.15) is 33.3 Å². The average molecular weight is 364 g/mol. The SMILES string of the molecule is Cc1ccc(N2C(=O)c3cccnc3C2Nc2cccc(Cl)c2C)cc1. The summed E-state index contributed by atoms with van der Waals surface area (Å²) in [4.78, 5) is 19.3. The molecule has 1 aliphatic rings. The maximum atomic E-state index is 13.1. The third-order valence-corrected chi connectivity index (χ3v) is 5.09. The van der Waals surface area contributed by atoms with Crippen LogP contribution in [0.15, 0.2) is 60.8 Å². The van der Waals surface area contributed by atoms with Crippen molar-refractivity contribution in [1.82, 2.24) is 4.98 Å². The van der Waals surface area contributed by atoms with Crippen LogP contribution in [-0.4, -0.2) is 10.9 Å². The lowest BCUT2D eigenvalue weighted by Gasteiger charge is -2.27. The molecule has 130 valence electrons. The van der Waals surface area contributed by atoms with Crippen molar-refractivity contribution >= 4 is 28.9 Å². The van der Waals surface area contributed by atoms with Gasteiger partial charge in [0.1, 0.15) is 0 Å². The first-order valence-corrected chi connectivity index (χ1v) is 8.81. The summed E-state index contributed by atoms with van der Waals surface area (Å²) in [6.45, 7) is 3.98. The third kappa shape index (κ3) is 2.72. The van der Waals surface area contributed by atoms with Crippen molar-refractivity contribution in [1.29, 1.82) is 0 Å². The van der Waals surface area contributed by atoms with E-state index in [0.717, 1.165) is 28.2 Å². The highest BCUT2D eigenvalue weighted by molar-refractivity contribution is 6.31. The molecule has 5 heteroatoms. The second kappa shape index (κ2) is 6.46. The van der Waals surface area contributed by atoms with E-state index in [0.29, 0.717) is 10.6 Å². The molecule has 1 unspecified atom stereocenters. The lowest BCUT2D eigenvalue weighted by atomic mass is 10.1. The quantitative estimate of drug-likeness (QED) is 0.702. The van der Waals surface area contributed by atoms with Gasteiger partial charge in [0, 0.05) is 22.6 Å². The average Bonchev–Trinajstić information content (AvgIpc) is 2.92. The number of carbonyl (C=O) groups excluding carboxylic acids is 1. The number of aromatic nitrogens is 1. The molecule has 26 heavy (non-hydrogen) atoms. The minimum atomic E-state index is -0.390. The number of amides is 1. The first-order chi connectivity index (χ1) is 12.6. The van der Waals surface area contributed by atoms with Crippen molar-refractivity contribution in [3.8, 4) is 0 Å². The van der Waals surface area contributed by atoms with Crippen molar-refractivity contribution in [3.05, 3.63) is 88.2 Å². The maximum Gasteiger partial charge on any atom is 0.262 e. The maximum absolute atomic E-state index is 13.1. The Morgan fingerprint density at radius 2 is 1.81 bits per heavy atom. The fourth-order valence-electron chi connectivity index (χ4n) is 3.20. The first kappa shape index (κ1) is 16.6. The van der Waals surface area contributed by atoms with Crippen LogP contribution in [0, 0.1) is 13.8 Å². The molecule has 3 aromatic rings. The minimum Gasteiger partial charge on any atom is -0.360 e. The molecule has 1 amide bonds. The van der Waals surface area contributed by atoms with Gasteiger partial charge in [-0.1, -0.05) is 35.4 Å². The van der Waals surface area contributed by atoms with E-state index in [-0.39, 0.29) is 5.91 Å². The van der Waals surface area contributed by atoms with E-state index >= 15 is 0 Å². The van der Waals surface area contributed by atoms with Crippen LogP contribution in [0.4, 0.5) is 11.4 Å². The van der Waals surface area contributed by atoms with Crippen LogP contribution in [0.5, 0.6) is 0 Å². The van der Waals surface area contributed by atoms with Crippen molar-refractivity contribution in [2.75, 3.05) is 10.2 Å². The summed E-state index contributed by atoms with van der Waals surface area (Å²) < 4.78 is 0. The molecule has 0 bridgehead atoms. The predicted octanol–water partition coefficient (Wildman–Crippen LogP) is 5.12. The standard InChI is InChI=1S/C21H18ClN3O/c1-13-8-10-15(11-9-13)25-20(19-16(21(25)26)5-4-12-23-19)24-18-7-3-6-17(22)14(18)2/h3-12,20,24H,1-2H3. The second-order valence-corrected chi connectivity index (χ2v) is 6.81. The van der Waals surface area contributed by atoms with Crippen LogP contribution in [0.2, 0.25) is 5.02 Å². The van der Waals surface area contributed by atoms with Gasteiger partial charge in [0.05, 0.1) is 11.3 Å². The molecule has 4 rings (SSSR count). The molecule has 4 nitrogen and oxygen atoms in total. The number of benzene rings is 2. The molecular weight excluding hydrogens is 346 g/mol. The van der Waals surface area contributed by atoms with Gasteiger partial charge in [-0.2, -0.15) is 0 Å². The molecule has 1 N–H and O–H groups in total. The molecule has 0 fully saturated rings. The monoisotopic (exact) mass is 363 g/mol. The molecule has 0 radical (unpaired) electrons. The Hall–Kier alpha value is -2.85. The van der Waals surface area contributed by atoms with Gasteiger partial charge in [0.15, 0.2) is 6.17 Å². The van der Waals surface area contributed by atoms with Crippen molar-refractivity contribution < 1.29 is 4.79 Å². The zero-order valence-corrected chi connectivity index (χ0v) is 15.3. The topological polar surface area (TPSA) is 45.2 Å². The van der Waals surface area contributed by atoms with Gasteiger partial charge in [0.25, 0.3) is 5.91 Å². The minimum absolute atomic E-state index is 0.0610. The third-order valence-electron chi connectivity index (χ3n) is 4.68. The van der Waals surface area contributed by atoms with Crippen molar-refractivity contribution in [2.24, 2.45) is 0 Å². The predicted molar refractivity (Wildman–Crippen MR) is 105 cm³/mol. The molecule has 2 heterocycles. The Labute approximate surface area is 157 Å². The number of hydrogen-bond donors (Lipinski definition) is 1. The number of fused-ring (bicyclic) bond motifs is 1. The molecule has 0 saturated carbocycles. The fourth-order valence-corrected chi connectivity index (χ4v) is 3.38. The summed E-state index contributed by atoms with van der Waals surface area (Å²) in [7, 11) is 0. The Morgan fingerprint density at radius 1 is 1.04 bits per heavy atom. The van der Waals surface area contributed by atoms with Crippen molar-refractivity contribution in [2.45, 2.75) is 20.0 Å². The van der Waals surface area contributed by atoms with Gasteiger partial charge in [-0.05, 0) is 55.8 Å². The van der Waals surface area contributed by atoms with Crippen molar-refractivity contribution in [3.63, 3.8) is 0 Å². The number of aryl methyl sites for hydroxylation is 1. The molecule has 0 aliphatic carbocycles. The summed E-state index contributed by atoms with van der Waals surface area (Å²) in [6, 6.07) is 17.2. The first-order valence-electron chi connectivity index (χ1n) is 8.43. The van der Waals surface area contributed by atoms with Crippen LogP contribution in [-0.2, 0) is 0 Å². The van der Waals surface area contributed by atoms with E-state index in [1.807, 2.05) is 62.4 Å². The Morgan fingerprint density at radius 3 is 2.58 bits per heavy atom. The lowest BCUT2D eigenvalue weighted by Crippen LogP contribution is -2.32. The number of anilines is 2. The van der Waals surface area contributed by atoms with Gasteiger partial charge in [0.2, 0.25) is 0 Å². The summed E-state index contributed by atoms with van der Waals surface area (Å²) in [6.07, 6.45) is 1.32. The highest BCUT2D eigenvalue weighted by Crippen LogP contribution is 2.38. The molecule has 1 aromatic heterocycles. The normalized spacial score (nSPS) is 15.9. The van der Waals surface area contributed by atoms with Crippen LogP contribution in [0.3, 0.4) is 0 Å². The smallest absolute Gasteiger partial charge is 0.262 e. The number of carbonyl (C=O) groups is 1. The van der Waals surface area contributed by atoms with Gasteiger partial charge in [-0.15, -0.1) is 0 Å². The Kier molecular flexibility index (Phi) is 4.13. The van der Waals surface area contributed by atoms with Gasteiger partial charge >= 0.3 is 0 Å². The molecule has 0 saturated heterocycles. The molecule has 1 aliphatic heterocycles. The van der Waals surface area contributed by atoms with E-state index < -0.39 is 6.17 Å². The van der Waals surface area contributed by atoms with Crippen LogP contribution < -0.4 is 10.2 Å². The summed E-state index contributed by atoms with van der Waals surface area (Å²) >= 11 is 6.26. The Balaban J connectivity index is 1.81. The van der Waals surface area contributed by atoms with E-state index in [4.69, 9.17) is 11.6 Å². The summed E-state index contributed by atoms with van der Waals surface area (Å²) in [5.74, 6) is -0.0610. The zero-order chi connectivity index (χ0) is 18.3. The fraction of sp³-hybridized carbons (Fsp3) is 0.143. The molecule has 1 atom stereocenters. The van der Waals surface area contributed by atoms with Gasteiger partial charge in [-0.3, -0.25) is 14.7 Å². The second-order valence-electron chi connectivity index (χ2n) is 6.41. The van der Waals surface area contributed by atoms with Gasteiger partial charge < -0.3 is 5.32 Å². The lowest BCUT2D eigenvalue weighted by molar-refractivity contribution is 0.0993. The number of nitrogens with zero attached hydrogens (tertiary/aromatic N) is 2. The van der Waals surface area contributed by atoms with E-state index in [9.17, 15) is 4.79 Å². The number of rotatable bonds is 3. The molecular formula is C21H18ClN3O. The summed E-state index contributed by atoms with van der Waals surface area (Å²) in [5, 5.41) is 4.14. The molecule has 2 aromatic carbocycles. The zero-order valence-electron chi connectivity index (χ0n) is 14.5. The van der Waals surface area contributed by atoms with E-state index in [1.165, 1.54) is 0 Å². The van der Waals surface area contributed by atoms with Crippen LogP contribution in [0.25, 0.3) is 0 Å². The summed E-state index contributed by atoms with van der Waals surface area (Å²) in [5.41, 5.74) is 5.13. The number of hydrogen-bond acceptors (Lipinski definition) is 3. The molecule has 0 spiro atoms. The van der Waals surface area contributed by atoms with Crippen LogP contribution >= 0.6 is 11.6 Å². The number of halogens is 1.